The van der Waals surface area contributed by atoms with Crippen molar-refractivity contribution >= 4 is 27.3 Å². The van der Waals surface area contributed by atoms with Crippen LogP contribution in [0.2, 0.25) is 5.02 Å². The standard InChI is InChI=1S/C26H28ClN3O4S/c1-34-22-10-6-5-9-19(22)21-15-30-24(16-29-21)26(25(28)31,14-17-7-3-4-8-17)18-11-12-23(20(27)13-18)35(2,32)33/h5-6,9-13,15-17H,3-4,7-8,14H2,1-2H3,(H2,28,31)/t26-/m1/s1. The van der Waals surface area contributed by atoms with E-state index in [1.807, 2.05) is 24.3 Å². The third-order valence-electron chi connectivity index (χ3n) is 6.79. The zero-order valence-corrected chi connectivity index (χ0v) is 21.3. The van der Waals surface area contributed by atoms with E-state index in [4.69, 9.17) is 22.1 Å². The monoisotopic (exact) mass is 513 g/mol. The predicted octanol–water partition coefficient (Wildman–Crippen LogP) is 4.56. The maximum absolute atomic E-state index is 13.2. The summed E-state index contributed by atoms with van der Waals surface area (Å²) < 4.78 is 29.7. The number of methoxy groups -OCH3 is 1. The molecule has 7 nitrogen and oxygen atoms in total. The second-order valence-electron chi connectivity index (χ2n) is 9.03. The normalized spacial score (nSPS) is 16.1. The van der Waals surface area contributed by atoms with Crippen LogP contribution in [0, 0.1) is 5.92 Å². The van der Waals surface area contributed by atoms with Crippen LogP contribution >= 0.6 is 11.6 Å². The number of hydrogen-bond acceptors (Lipinski definition) is 6. The van der Waals surface area contributed by atoms with Gasteiger partial charge in [0.15, 0.2) is 9.84 Å². The Bertz CT molecular complexity index is 1340. The van der Waals surface area contributed by atoms with Crippen LogP contribution < -0.4 is 10.5 Å². The molecule has 3 aromatic rings. The van der Waals surface area contributed by atoms with Crippen molar-refractivity contribution < 1.29 is 17.9 Å². The van der Waals surface area contributed by atoms with E-state index in [9.17, 15) is 13.2 Å². The average Bonchev–Trinajstić information content (AvgIpc) is 3.34. The summed E-state index contributed by atoms with van der Waals surface area (Å²) in [6.07, 6.45) is 8.85. The molecule has 0 aliphatic heterocycles. The number of carbonyl (C=O) groups excluding carboxylic acids is 1. The Morgan fingerprint density at radius 2 is 1.86 bits per heavy atom. The van der Waals surface area contributed by atoms with Gasteiger partial charge in [-0.25, -0.2) is 8.42 Å². The molecule has 0 saturated heterocycles. The molecule has 1 heterocycles. The highest BCUT2D eigenvalue weighted by atomic mass is 35.5. The SMILES string of the molecule is COc1ccccc1-c1cnc([C@](CC2CCCC2)(C(N)=O)c2ccc(S(C)(=O)=O)c(Cl)c2)cn1. The van der Waals surface area contributed by atoms with Gasteiger partial charge in [-0.1, -0.05) is 55.5 Å². The molecular weight excluding hydrogens is 486 g/mol. The van der Waals surface area contributed by atoms with Crippen molar-refractivity contribution in [2.75, 3.05) is 13.4 Å². The van der Waals surface area contributed by atoms with Crippen LogP contribution in [0.4, 0.5) is 0 Å². The second kappa shape index (κ2) is 9.95. The third kappa shape index (κ3) is 4.90. The van der Waals surface area contributed by atoms with Gasteiger partial charge in [0.05, 0.1) is 40.8 Å². The van der Waals surface area contributed by atoms with Crippen LogP contribution in [0.3, 0.4) is 0 Å². The zero-order valence-electron chi connectivity index (χ0n) is 19.7. The number of nitrogens with zero attached hydrogens (tertiary/aromatic N) is 2. The molecule has 1 aliphatic carbocycles. The molecule has 4 rings (SSSR count). The topological polar surface area (TPSA) is 112 Å². The quantitative estimate of drug-likeness (QED) is 0.472. The van der Waals surface area contributed by atoms with E-state index in [1.54, 1.807) is 25.6 Å². The minimum atomic E-state index is -3.53. The molecule has 9 heteroatoms. The minimum absolute atomic E-state index is 0.000224. The van der Waals surface area contributed by atoms with Gasteiger partial charge in [-0.2, -0.15) is 0 Å². The van der Waals surface area contributed by atoms with Gasteiger partial charge >= 0.3 is 0 Å². The first-order valence-electron chi connectivity index (χ1n) is 11.4. The van der Waals surface area contributed by atoms with Gasteiger partial charge in [0.2, 0.25) is 5.91 Å². The third-order valence-corrected chi connectivity index (χ3v) is 8.37. The van der Waals surface area contributed by atoms with Gasteiger partial charge in [-0.05, 0) is 42.2 Å². The largest absolute Gasteiger partial charge is 0.496 e. The van der Waals surface area contributed by atoms with Crippen molar-refractivity contribution in [1.82, 2.24) is 9.97 Å². The van der Waals surface area contributed by atoms with E-state index in [2.05, 4.69) is 9.97 Å². The first-order chi connectivity index (χ1) is 16.7. The molecule has 2 aromatic carbocycles. The predicted molar refractivity (Wildman–Crippen MR) is 135 cm³/mol. The van der Waals surface area contributed by atoms with Gasteiger partial charge in [0.25, 0.3) is 0 Å². The summed E-state index contributed by atoms with van der Waals surface area (Å²) in [6.45, 7) is 0. The summed E-state index contributed by atoms with van der Waals surface area (Å²) in [4.78, 5) is 22.5. The minimum Gasteiger partial charge on any atom is -0.496 e. The molecule has 1 saturated carbocycles. The lowest BCUT2D eigenvalue weighted by molar-refractivity contribution is -0.122. The van der Waals surface area contributed by atoms with E-state index >= 15 is 0 Å². The summed E-state index contributed by atoms with van der Waals surface area (Å²) in [5.41, 5.74) is 7.07. The number of nitrogens with two attached hydrogens (primary N) is 1. The van der Waals surface area contributed by atoms with Crippen LogP contribution in [0.5, 0.6) is 5.75 Å². The molecule has 0 unspecified atom stereocenters. The summed E-state index contributed by atoms with van der Waals surface area (Å²) in [5.74, 6) is 0.350. The molecule has 0 spiro atoms. The number of carbonyl (C=O) groups is 1. The van der Waals surface area contributed by atoms with Gasteiger partial charge in [-0.15, -0.1) is 0 Å². The number of para-hydroxylation sites is 1. The number of primary amides is 1. The van der Waals surface area contributed by atoms with Crippen molar-refractivity contribution in [3.05, 3.63) is 71.1 Å². The smallest absolute Gasteiger partial charge is 0.234 e. The number of rotatable bonds is 8. The summed E-state index contributed by atoms with van der Waals surface area (Å²) in [5, 5.41) is 0.0423. The van der Waals surface area contributed by atoms with Gasteiger partial charge in [-0.3, -0.25) is 14.8 Å². The Balaban J connectivity index is 1.86. The summed E-state index contributed by atoms with van der Waals surface area (Å²) in [6, 6.07) is 12.0. The van der Waals surface area contributed by atoms with Crippen LogP contribution in [0.25, 0.3) is 11.3 Å². The highest BCUT2D eigenvalue weighted by Crippen LogP contribution is 2.43. The van der Waals surface area contributed by atoms with E-state index in [1.165, 1.54) is 12.1 Å². The summed E-state index contributed by atoms with van der Waals surface area (Å²) >= 11 is 6.39. The number of hydrogen-bond donors (Lipinski definition) is 1. The lowest BCUT2D eigenvalue weighted by Gasteiger charge is -2.33. The zero-order chi connectivity index (χ0) is 25.2. The van der Waals surface area contributed by atoms with E-state index < -0.39 is 21.2 Å². The molecule has 2 N–H and O–H groups in total. The second-order valence-corrected chi connectivity index (χ2v) is 11.4. The fraction of sp³-hybridized carbons (Fsp3) is 0.346. The molecule has 1 aromatic heterocycles. The highest BCUT2D eigenvalue weighted by molar-refractivity contribution is 7.90. The molecular formula is C26H28ClN3O4S. The Labute approximate surface area is 210 Å². The van der Waals surface area contributed by atoms with Gasteiger partial charge in [0, 0.05) is 11.8 Å². The fourth-order valence-electron chi connectivity index (χ4n) is 5.00. The molecule has 0 radical (unpaired) electrons. The first-order valence-corrected chi connectivity index (χ1v) is 13.7. The maximum Gasteiger partial charge on any atom is 0.234 e. The fourth-order valence-corrected chi connectivity index (χ4v) is 6.33. The van der Waals surface area contributed by atoms with Gasteiger partial charge < -0.3 is 10.5 Å². The van der Waals surface area contributed by atoms with E-state index in [0.29, 0.717) is 29.1 Å². The molecule has 1 aliphatic rings. The van der Waals surface area contributed by atoms with Crippen LogP contribution in [-0.4, -0.2) is 37.7 Å². The number of aromatic nitrogens is 2. The lowest BCUT2D eigenvalue weighted by Crippen LogP contribution is -2.44. The number of halogens is 1. The molecule has 35 heavy (non-hydrogen) atoms. The van der Waals surface area contributed by atoms with Crippen molar-refractivity contribution in [1.29, 1.82) is 0 Å². The maximum atomic E-state index is 13.2. The summed E-state index contributed by atoms with van der Waals surface area (Å²) in [7, 11) is -1.95. The molecule has 1 fully saturated rings. The molecule has 0 bridgehead atoms. The van der Waals surface area contributed by atoms with Crippen molar-refractivity contribution in [2.24, 2.45) is 11.7 Å². The molecule has 1 amide bonds. The first kappa shape index (κ1) is 25.1. The Morgan fingerprint density at radius 1 is 1.14 bits per heavy atom. The van der Waals surface area contributed by atoms with Crippen molar-refractivity contribution in [2.45, 2.75) is 42.4 Å². The number of sulfone groups is 1. The molecule has 184 valence electrons. The van der Waals surface area contributed by atoms with Crippen LogP contribution in [0.15, 0.2) is 59.8 Å². The van der Waals surface area contributed by atoms with Crippen molar-refractivity contribution in [3.8, 4) is 17.0 Å². The van der Waals surface area contributed by atoms with E-state index in [0.717, 1.165) is 37.5 Å². The number of ether oxygens (including phenoxy) is 1. The Hall–Kier alpha value is -2.97. The van der Waals surface area contributed by atoms with Crippen molar-refractivity contribution in [3.63, 3.8) is 0 Å². The highest BCUT2D eigenvalue weighted by Gasteiger charge is 2.45. The average molecular weight is 514 g/mol. The molecule has 1 atom stereocenters. The lowest BCUT2D eigenvalue weighted by atomic mass is 9.70. The van der Waals surface area contributed by atoms with Crippen LogP contribution in [-0.2, 0) is 20.0 Å². The number of amides is 1. The van der Waals surface area contributed by atoms with Crippen LogP contribution in [0.1, 0.15) is 43.4 Å². The Morgan fingerprint density at radius 3 is 2.43 bits per heavy atom. The van der Waals surface area contributed by atoms with Gasteiger partial charge in [0.1, 0.15) is 11.2 Å². The number of benzene rings is 2. The Kier molecular flexibility index (Phi) is 7.15. The van der Waals surface area contributed by atoms with E-state index in [-0.39, 0.29) is 15.8 Å².